The number of ether oxygens (including phenoxy) is 1. The molecule has 112 valence electrons. The smallest absolute Gasteiger partial charge is 0.122 e. The van der Waals surface area contributed by atoms with Gasteiger partial charge in [0.25, 0.3) is 0 Å². The van der Waals surface area contributed by atoms with Crippen molar-refractivity contribution in [2.24, 2.45) is 5.92 Å². The highest BCUT2D eigenvalue weighted by atomic mass is 16.5. The van der Waals surface area contributed by atoms with Crippen LogP contribution in [0.1, 0.15) is 63.1 Å². The molecule has 2 rings (SSSR count). The summed E-state index contributed by atoms with van der Waals surface area (Å²) >= 11 is 0. The summed E-state index contributed by atoms with van der Waals surface area (Å²) in [7, 11) is 2.00. The summed E-state index contributed by atoms with van der Waals surface area (Å²) in [5.74, 6) is 1.81. The monoisotopic (exact) mass is 275 g/mol. The summed E-state index contributed by atoms with van der Waals surface area (Å²) in [5.41, 5.74) is 2.58. The predicted molar refractivity (Wildman–Crippen MR) is 85.3 cm³/mol. The third-order valence-electron chi connectivity index (χ3n) is 4.77. The molecule has 1 aliphatic rings. The van der Waals surface area contributed by atoms with E-state index >= 15 is 0 Å². The van der Waals surface area contributed by atoms with E-state index in [1.54, 1.807) is 0 Å². The van der Waals surface area contributed by atoms with Gasteiger partial charge >= 0.3 is 0 Å². The van der Waals surface area contributed by atoms with E-state index in [0.717, 1.165) is 11.7 Å². The summed E-state index contributed by atoms with van der Waals surface area (Å²) in [5, 5.41) is 3.28. The molecule has 20 heavy (non-hydrogen) atoms. The van der Waals surface area contributed by atoms with Gasteiger partial charge in [0, 0.05) is 6.04 Å². The molecular weight excluding hydrogens is 246 g/mol. The Labute approximate surface area is 123 Å². The Balaban J connectivity index is 2.09. The van der Waals surface area contributed by atoms with Gasteiger partial charge in [-0.3, -0.25) is 0 Å². The standard InChI is InChI=1S/C18H29NO/c1-5-15-8-6-7-9-18(15)20-17-11-10-16(12-13(17)2)14(3)19-4/h10-12,14-15,18-19H,5-9H2,1-4H3. The van der Waals surface area contributed by atoms with Crippen LogP contribution >= 0.6 is 0 Å². The van der Waals surface area contributed by atoms with Crippen LogP contribution in [-0.4, -0.2) is 13.2 Å². The van der Waals surface area contributed by atoms with Crippen LogP contribution in [0.15, 0.2) is 18.2 Å². The highest BCUT2D eigenvalue weighted by Gasteiger charge is 2.25. The normalized spacial score (nSPS) is 24.4. The van der Waals surface area contributed by atoms with Crippen molar-refractivity contribution in [1.29, 1.82) is 0 Å². The van der Waals surface area contributed by atoms with Crippen molar-refractivity contribution in [2.75, 3.05) is 7.05 Å². The quantitative estimate of drug-likeness (QED) is 0.846. The maximum absolute atomic E-state index is 6.34. The lowest BCUT2D eigenvalue weighted by Gasteiger charge is -2.31. The molecule has 1 aliphatic carbocycles. The summed E-state index contributed by atoms with van der Waals surface area (Å²) in [6.45, 7) is 6.63. The Kier molecular flexibility index (Phi) is 5.47. The first-order valence-corrected chi connectivity index (χ1v) is 8.10. The molecule has 3 unspecified atom stereocenters. The Morgan fingerprint density at radius 3 is 2.70 bits per heavy atom. The number of rotatable bonds is 5. The fourth-order valence-corrected chi connectivity index (χ4v) is 3.20. The molecule has 2 heteroatoms. The summed E-state index contributed by atoms with van der Waals surface area (Å²) in [6, 6.07) is 6.98. The molecule has 0 bridgehead atoms. The lowest BCUT2D eigenvalue weighted by molar-refractivity contribution is 0.0897. The van der Waals surface area contributed by atoms with Crippen molar-refractivity contribution >= 4 is 0 Å². The van der Waals surface area contributed by atoms with Crippen LogP contribution < -0.4 is 10.1 Å². The van der Waals surface area contributed by atoms with Crippen molar-refractivity contribution in [3.8, 4) is 5.75 Å². The molecule has 1 saturated carbocycles. The molecule has 0 heterocycles. The lowest BCUT2D eigenvalue weighted by atomic mass is 9.84. The van der Waals surface area contributed by atoms with E-state index in [2.05, 4.69) is 44.3 Å². The molecule has 1 aromatic carbocycles. The molecule has 0 saturated heterocycles. The van der Waals surface area contributed by atoms with E-state index in [1.165, 1.54) is 43.2 Å². The summed E-state index contributed by atoms with van der Waals surface area (Å²) in [4.78, 5) is 0. The van der Waals surface area contributed by atoms with E-state index in [0.29, 0.717) is 12.1 Å². The average molecular weight is 275 g/mol. The van der Waals surface area contributed by atoms with E-state index in [1.807, 2.05) is 7.05 Å². The van der Waals surface area contributed by atoms with Gasteiger partial charge in [0.2, 0.25) is 0 Å². The van der Waals surface area contributed by atoms with Gasteiger partial charge in [-0.1, -0.05) is 25.5 Å². The van der Waals surface area contributed by atoms with Gasteiger partial charge in [-0.2, -0.15) is 0 Å². The third kappa shape index (κ3) is 3.54. The molecular formula is C18H29NO. The topological polar surface area (TPSA) is 21.3 Å². The summed E-state index contributed by atoms with van der Waals surface area (Å²) < 4.78 is 6.34. The number of nitrogens with one attached hydrogen (secondary N) is 1. The molecule has 3 atom stereocenters. The van der Waals surface area contributed by atoms with Gasteiger partial charge in [0.15, 0.2) is 0 Å². The molecule has 1 fully saturated rings. The van der Waals surface area contributed by atoms with Gasteiger partial charge in [0.05, 0.1) is 0 Å². The van der Waals surface area contributed by atoms with Crippen molar-refractivity contribution in [3.63, 3.8) is 0 Å². The maximum atomic E-state index is 6.34. The molecule has 0 radical (unpaired) electrons. The fourth-order valence-electron chi connectivity index (χ4n) is 3.20. The van der Waals surface area contributed by atoms with Crippen molar-refractivity contribution < 1.29 is 4.74 Å². The SMILES string of the molecule is CCC1CCCCC1Oc1ccc(C(C)NC)cc1C. The Morgan fingerprint density at radius 1 is 1.30 bits per heavy atom. The number of benzene rings is 1. The third-order valence-corrected chi connectivity index (χ3v) is 4.77. The zero-order valence-corrected chi connectivity index (χ0v) is 13.4. The molecule has 1 aromatic rings. The van der Waals surface area contributed by atoms with E-state index in [9.17, 15) is 0 Å². The molecule has 0 amide bonds. The molecule has 0 aliphatic heterocycles. The molecule has 0 spiro atoms. The van der Waals surface area contributed by atoms with Crippen LogP contribution in [0.2, 0.25) is 0 Å². The first kappa shape index (κ1) is 15.4. The largest absolute Gasteiger partial charge is 0.490 e. The van der Waals surface area contributed by atoms with Gasteiger partial charge in [0.1, 0.15) is 11.9 Å². The lowest BCUT2D eigenvalue weighted by Crippen LogP contribution is -2.30. The Morgan fingerprint density at radius 2 is 2.05 bits per heavy atom. The van der Waals surface area contributed by atoms with E-state index < -0.39 is 0 Å². The first-order valence-electron chi connectivity index (χ1n) is 8.10. The Hall–Kier alpha value is -1.02. The molecule has 1 N–H and O–H groups in total. The van der Waals surface area contributed by atoms with Gasteiger partial charge in [-0.05, 0) is 69.7 Å². The van der Waals surface area contributed by atoms with E-state index in [-0.39, 0.29) is 0 Å². The highest BCUT2D eigenvalue weighted by molar-refractivity contribution is 5.37. The minimum atomic E-state index is 0.390. The van der Waals surface area contributed by atoms with Crippen LogP contribution in [0.5, 0.6) is 5.75 Å². The average Bonchev–Trinajstić information content (AvgIpc) is 2.49. The minimum Gasteiger partial charge on any atom is -0.490 e. The van der Waals surface area contributed by atoms with Crippen LogP contribution in [0.25, 0.3) is 0 Å². The maximum Gasteiger partial charge on any atom is 0.122 e. The number of hydrogen-bond donors (Lipinski definition) is 1. The van der Waals surface area contributed by atoms with Gasteiger partial charge in [-0.15, -0.1) is 0 Å². The van der Waals surface area contributed by atoms with Crippen molar-refractivity contribution in [3.05, 3.63) is 29.3 Å². The van der Waals surface area contributed by atoms with Crippen molar-refractivity contribution in [1.82, 2.24) is 5.32 Å². The number of hydrogen-bond acceptors (Lipinski definition) is 2. The second-order valence-electron chi connectivity index (χ2n) is 6.14. The zero-order chi connectivity index (χ0) is 14.5. The minimum absolute atomic E-state index is 0.390. The molecule has 0 aromatic heterocycles. The summed E-state index contributed by atoms with van der Waals surface area (Å²) in [6.07, 6.45) is 6.88. The number of aryl methyl sites for hydroxylation is 1. The van der Waals surface area contributed by atoms with Gasteiger partial charge in [-0.25, -0.2) is 0 Å². The fraction of sp³-hybridized carbons (Fsp3) is 0.667. The van der Waals surface area contributed by atoms with E-state index in [4.69, 9.17) is 4.74 Å². The van der Waals surface area contributed by atoms with Crippen LogP contribution in [0.3, 0.4) is 0 Å². The highest BCUT2D eigenvalue weighted by Crippen LogP contribution is 2.32. The first-order chi connectivity index (χ1) is 9.65. The predicted octanol–water partition coefficient (Wildman–Crippen LogP) is 4.62. The Bertz CT molecular complexity index is 429. The van der Waals surface area contributed by atoms with Crippen LogP contribution in [-0.2, 0) is 0 Å². The second kappa shape index (κ2) is 7.12. The van der Waals surface area contributed by atoms with Crippen molar-refractivity contribution in [2.45, 2.75) is 65.0 Å². The van der Waals surface area contributed by atoms with Gasteiger partial charge < -0.3 is 10.1 Å². The second-order valence-corrected chi connectivity index (χ2v) is 6.14. The zero-order valence-electron chi connectivity index (χ0n) is 13.4. The van der Waals surface area contributed by atoms with Crippen LogP contribution in [0.4, 0.5) is 0 Å². The van der Waals surface area contributed by atoms with Crippen LogP contribution in [0, 0.1) is 12.8 Å². The molecule has 2 nitrogen and oxygen atoms in total.